The van der Waals surface area contributed by atoms with Crippen molar-refractivity contribution < 1.29 is 4.42 Å². The molecule has 184 valence electrons. The Hall–Kier alpha value is -3.26. The Kier molecular flexibility index (Phi) is 6.81. The van der Waals surface area contributed by atoms with Crippen LogP contribution in [0.2, 0.25) is 0 Å². The van der Waals surface area contributed by atoms with Crippen molar-refractivity contribution in [2.24, 2.45) is 5.92 Å². The second-order valence-corrected chi connectivity index (χ2v) is 10.2. The van der Waals surface area contributed by atoms with E-state index in [9.17, 15) is 4.79 Å². The van der Waals surface area contributed by atoms with Crippen LogP contribution >= 0.6 is 0 Å². The number of aryl methyl sites for hydroxylation is 1. The molecule has 1 atom stereocenters. The molecule has 1 N–H and O–H groups in total. The third kappa shape index (κ3) is 5.07. The average molecular weight is 475 g/mol. The van der Waals surface area contributed by atoms with Crippen molar-refractivity contribution in [3.63, 3.8) is 0 Å². The van der Waals surface area contributed by atoms with Gasteiger partial charge in [0.15, 0.2) is 5.82 Å². The maximum absolute atomic E-state index is 13.1. The number of hydrogen-bond donors (Lipinski definition) is 1. The number of rotatable bonds is 8. The third-order valence-corrected chi connectivity index (χ3v) is 7.12. The number of nitrogens with zero attached hydrogens (tertiary/aromatic N) is 5. The lowest BCUT2D eigenvalue weighted by molar-refractivity contribution is 0.112. The fourth-order valence-corrected chi connectivity index (χ4v) is 5.43. The van der Waals surface area contributed by atoms with E-state index in [1.807, 2.05) is 35.0 Å². The van der Waals surface area contributed by atoms with Crippen LogP contribution in [0.25, 0.3) is 10.9 Å². The van der Waals surface area contributed by atoms with Gasteiger partial charge in [0.25, 0.3) is 5.56 Å². The lowest BCUT2D eigenvalue weighted by Gasteiger charge is -2.34. The van der Waals surface area contributed by atoms with Gasteiger partial charge < -0.3 is 9.40 Å². The first-order valence-corrected chi connectivity index (χ1v) is 12.7. The van der Waals surface area contributed by atoms with Crippen molar-refractivity contribution in [3.8, 4) is 0 Å². The molecule has 0 spiro atoms. The maximum atomic E-state index is 13.1. The summed E-state index contributed by atoms with van der Waals surface area (Å²) in [6.45, 7) is 7.45. The van der Waals surface area contributed by atoms with E-state index in [4.69, 9.17) is 4.42 Å². The van der Waals surface area contributed by atoms with E-state index >= 15 is 0 Å². The van der Waals surface area contributed by atoms with Gasteiger partial charge in [-0.05, 0) is 71.8 Å². The standard InChI is InChI=1S/C27H34N6O2/c1-18(2)25(26-29-30-31-33(26)22-8-5-4-6-9-22)32(17-23-10-7-13-35-23)16-21-15-20-14-19(3)11-12-24(20)28-27(21)34/h7,10-15,18,22,25H,4-6,8-9,16-17H2,1-3H3,(H,28,34)/t25-/m1/s1. The van der Waals surface area contributed by atoms with Crippen molar-refractivity contribution in [1.82, 2.24) is 30.1 Å². The number of aromatic nitrogens is 5. The number of nitrogens with one attached hydrogen (secondary N) is 1. The molecule has 5 rings (SSSR count). The van der Waals surface area contributed by atoms with E-state index in [2.05, 4.69) is 52.2 Å². The van der Waals surface area contributed by atoms with Gasteiger partial charge in [-0.2, -0.15) is 0 Å². The van der Waals surface area contributed by atoms with Gasteiger partial charge in [-0.1, -0.05) is 44.7 Å². The first-order chi connectivity index (χ1) is 17.0. The minimum Gasteiger partial charge on any atom is -0.468 e. The highest BCUT2D eigenvalue weighted by Crippen LogP contribution is 2.34. The summed E-state index contributed by atoms with van der Waals surface area (Å²) in [7, 11) is 0. The molecular weight excluding hydrogens is 440 g/mol. The number of tetrazole rings is 1. The molecule has 0 unspecified atom stereocenters. The van der Waals surface area contributed by atoms with Gasteiger partial charge in [-0.15, -0.1) is 5.10 Å². The third-order valence-electron chi connectivity index (χ3n) is 7.12. The van der Waals surface area contributed by atoms with Gasteiger partial charge in [0.05, 0.1) is 24.9 Å². The molecule has 1 fully saturated rings. The molecule has 35 heavy (non-hydrogen) atoms. The Balaban J connectivity index is 1.54. The molecule has 0 bridgehead atoms. The van der Waals surface area contributed by atoms with Crippen molar-refractivity contribution in [2.45, 2.75) is 78.0 Å². The number of fused-ring (bicyclic) bond motifs is 1. The Morgan fingerprint density at radius 2 is 1.97 bits per heavy atom. The van der Waals surface area contributed by atoms with E-state index in [1.165, 1.54) is 19.3 Å². The van der Waals surface area contributed by atoms with E-state index in [1.54, 1.807) is 6.26 Å². The topological polar surface area (TPSA) is 92.8 Å². The Morgan fingerprint density at radius 3 is 2.71 bits per heavy atom. The van der Waals surface area contributed by atoms with Crippen LogP contribution in [0.15, 0.2) is 51.9 Å². The van der Waals surface area contributed by atoms with Crippen LogP contribution in [-0.4, -0.2) is 30.1 Å². The van der Waals surface area contributed by atoms with Crippen LogP contribution in [0.5, 0.6) is 0 Å². The molecule has 0 saturated heterocycles. The Bertz CT molecular complexity index is 1320. The molecule has 0 aliphatic heterocycles. The zero-order valence-electron chi connectivity index (χ0n) is 20.8. The number of pyridine rings is 1. The molecule has 1 saturated carbocycles. The van der Waals surface area contributed by atoms with Crippen LogP contribution in [0.3, 0.4) is 0 Å². The van der Waals surface area contributed by atoms with Crippen LogP contribution in [0.1, 0.15) is 80.7 Å². The van der Waals surface area contributed by atoms with Gasteiger partial charge in [-0.3, -0.25) is 9.69 Å². The van der Waals surface area contributed by atoms with Crippen molar-refractivity contribution in [2.75, 3.05) is 0 Å². The molecule has 8 heteroatoms. The number of benzene rings is 1. The summed E-state index contributed by atoms with van der Waals surface area (Å²) in [5.41, 5.74) is 2.66. The van der Waals surface area contributed by atoms with Gasteiger partial charge in [0, 0.05) is 17.6 Å². The predicted molar refractivity (Wildman–Crippen MR) is 135 cm³/mol. The Labute approximate surface area is 205 Å². The molecule has 1 aliphatic carbocycles. The molecule has 0 radical (unpaired) electrons. The second kappa shape index (κ2) is 10.2. The molecule has 3 heterocycles. The van der Waals surface area contributed by atoms with E-state index in [-0.39, 0.29) is 17.5 Å². The van der Waals surface area contributed by atoms with Gasteiger partial charge in [0.2, 0.25) is 0 Å². The first kappa shape index (κ1) is 23.5. The summed E-state index contributed by atoms with van der Waals surface area (Å²) >= 11 is 0. The van der Waals surface area contributed by atoms with Crippen molar-refractivity contribution >= 4 is 10.9 Å². The minimum atomic E-state index is -0.0790. The molecule has 4 aromatic rings. The molecular formula is C27H34N6O2. The summed E-state index contributed by atoms with van der Waals surface area (Å²) in [5, 5.41) is 14.1. The monoisotopic (exact) mass is 474 g/mol. The fraction of sp³-hybridized carbons (Fsp3) is 0.481. The van der Waals surface area contributed by atoms with E-state index in [0.29, 0.717) is 19.1 Å². The van der Waals surface area contributed by atoms with Gasteiger partial charge in [0.1, 0.15) is 5.76 Å². The zero-order chi connectivity index (χ0) is 24.4. The summed E-state index contributed by atoms with van der Waals surface area (Å²) in [6.07, 6.45) is 7.58. The molecule has 1 aliphatic rings. The quantitative estimate of drug-likeness (QED) is 0.371. The van der Waals surface area contributed by atoms with Crippen LogP contribution < -0.4 is 5.56 Å². The number of aromatic amines is 1. The summed E-state index contributed by atoms with van der Waals surface area (Å²) in [4.78, 5) is 18.4. The van der Waals surface area contributed by atoms with Crippen LogP contribution in [0.4, 0.5) is 0 Å². The smallest absolute Gasteiger partial charge is 0.252 e. The highest BCUT2D eigenvalue weighted by Gasteiger charge is 2.32. The van der Waals surface area contributed by atoms with Crippen LogP contribution in [0, 0.1) is 12.8 Å². The second-order valence-electron chi connectivity index (χ2n) is 10.2. The van der Waals surface area contributed by atoms with E-state index in [0.717, 1.165) is 46.5 Å². The van der Waals surface area contributed by atoms with Gasteiger partial charge in [-0.25, -0.2) is 4.68 Å². The minimum absolute atomic E-state index is 0.0693. The summed E-state index contributed by atoms with van der Waals surface area (Å²) in [6, 6.07) is 12.2. The maximum Gasteiger partial charge on any atom is 0.252 e. The summed E-state index contributed by atoms with van der Waals surface area (Å²) < 4.78 is 7.77. The Morgan fingerprint density at radius 1 is 1.14 bits per heavy atom. The molecule has 0 amide bonds. The number of hydrogen-bond acceptors (Lipinski definition) is 6. The zero-order valence-corrected chi connectivity index (χ0v) is 20.8. The van der Waals surface area contributed by atoms with Crippen molar-refractivity contribution in [1.29, 1.82) is 0 Å². The van der Waals surface area contributed by atoms with E-state index < -0.39 is 0 Å². The fourth-order valence-electron chi connectivity index (χ4n) is 5.43. The molecule has 8 nitrogen and oxygen atoms in total. The largest absolute Gasteiger partial charge is 0.468 e. The average Bonchev–Trinajstić information content (AvgIpc) is 3.53. The predicted octanol–water partition coefficient (Wildman–Crippen LogP) is 5.32. The molecule has 1 aromatic carbocycles. The lowest BCUT2D eigenvalue weighted by Crippen LogP contribution is -2.36. The summed E-state index contributed by atoms with van der Waals surface area (Å²) in [5.74, 6) is 1.94. The van der Waals surface area contributed by atoms with Gasteiger partial charge >= 0.3 is 0 Å². The normalized spacial score (nSPS) is 15.9. The number of furan rings is 1. The lowest BCUT2D eigenvalue weighted by atomic mass is 9.94. The SMILES string of the molecule is Cc1ccc2[nH]c(=O)c(CN(Cc3ccco3)[C@@H](c3nnnn3C3CCCCC3)C(C)C)cc2c1. The highest BCUT2D eigenvalue weighted by atomic mass is 16.3. The van der Waals surface area contributed by atoms with Crippen molar-refractivity contribution in [3.05, 3.63) is 75.7 Å². The molecule has 3 aromatic heterocycles. The highest BCUT2D eigenvalue weighted by molar-refractivity contribution is 5.79. The number of H-pyrrole nitrogens is 1. The first-order valence-electron chi connectivity index (χ1n) is 12.7. The van der Waals surface area contributed by atoms with Crippen LogP contribution in [-0.2, 0) is 13.1 Å².